The number of rotatable bonds is 5. The Morgan fingerprint density at radius 1 is 1.02 bits per heavy atom. The molecule has 1 aromatic rings. The largest absolute Gasteiger partial charge is 1.00 e. The predicted molar refractivity (Wildman–Crippen MR) is 201 cm³/mol. The van der Waals surface area contributed by atoms with Crippen molar-refractivity contribution in [3.8, 4) is 0 Å². The van der Waals surface area contributed by atoms with Gasteiger partial charge in [-0.2, -0.15) is 0 Å². The van der Waals surface area contributed by atoms with Crippen molar-refractivity contribution in [3.05, 3.63) is 41.5 Å². The lowest BCUT2D eigenvalue weighted by Crippen LogP contribution is -3.00. The molecule has 11 aliphatic rings. The highest BCUT2D eigenvalue weighted by Gasteiger charge is 2.83. The standard InChI is InChI=1S/C45H61N2O7.BrH/c1-5-27-28-20-34-39-44(32-8-6-7-9-33(32)46(39)4)21-35(38(28)40(44)50)47(34,41(27)51)22-37(49)54-26-12-15-42(2)25(19-26)10-11-31-30(42)13-16-43(3)29(14-17-45(31,43)52)24-18-36(48)53-23-24;/h6-9,18,25-31,34-35,38-41,50-52H,5,10-17,19-23H2,1-4H3;1H/q+1;/p-1/t25?,26-,27-,28-,29+,30?,31+,34?,35-,38?,39-,40-,41+,42-,43+,44?,45-,47?;/m0./s1. The Kier molecular flexibility index (Phi) is 8.17. The molecule has 5 aliphatic carbocycles. The summed E-state index contributed by atoms with van der Waals surface area (Å²) < 4.78 is 12.3. The minimum absolute atomic E-state index is 0. The first-order valence-electron chi connectivity index (χ1n) is 21.7. The number of aliphatic hydroxyl groups excluding tert-OH is 2. The summed E-state index contributed by atoms with van der Waals surface area (Å²) in [6.45, 7) is 7.48. The number of piperidine rings is 4. The first-order valence-corrected chi connectivity index (χ1v) is 21.7. The number of cyclic esters (lactones) is 1. The van der Waals surface area contributed by atoms with Gasteiger partial charge in [0.1, 0.15) is 18.8 Å². The van der Waals surface area contributed by atoms with Crippen molar-refractivity contribution < 1.29 is 55.8 Å². The summed E-state index contributed by atoms with van der Waals surface area (Å²) in [4.78, 5) is 28.8. The van der Waals surface area contributed by atoms with E-state index in [1.807, 2.05) is 0 Å². The molecule has 10 heteroatoms. The van der Waals surface area contributed by atoms with Gasteiger partial charge in [0.05, 0.1) is 29.2 Å². The molecule has 1 aromatic carbocycles. The Balaban J connectivity index is 0.00000372. The van der Waals surface area contributed by atoms with Crippen LogP contribution in [0.3, 0.4) is 0 Å². The summed E-state index contributed by atoms with van der Waals surface area (Å²) >= 11 is 0. The van der Waals surface area contributed by atoms with Crippen LogP contribution in [0, 0.1) is 52.3 Å². The normalized spacial score (nSPS) is 53.4. The molecule has 0 radical (unpaired) electrons. The fourth-order valence-electron chi connectivity index (χ4n) is 17.6. The molecule has 18 atom stereocenters. The molecule has 5 saturated carbocycles. The van der Waals surface area contributed by atoms with Crippen LogP contribution in [0.4, 0.5) is 5.69 Å². The molecule has 9 nitrogen and oxygen atoms in total. The number of carbonyl (C=O) groups is 2. The minimum atomic E-state index is -0.739. The summed E-state index contributed by atoms with van der Waals surface area (Å²) in [5.41, 5.74) is 2.28. The van der Waals surface area contributed by atoms with Gasteiger partial charge in [-0.25, -0.2) is 9.59 Å². The number of nitrogens with zero attached hydrogens (tertiary/aromatic N) is 2. The van der Waals surface area contributed by atoms with E-state index in [1.165, 1.54) is 11.3 Å². The Labute approximate surface area is 336 Å². The number of carbonyl (C=O) groups excluding carboxylic acids is 2. The average molecular weight is 822 g/mol. The van der Waals surface area contributed by atoms with Crippen molar-refractivity contribution in [1.29, 1.82) is 0 Å². The Morgan fingerprint density at radius 3 is 2.58 bits per heavy atom. The minimum Gasteiger partial charge on any atom is -1.00 e. The smallest absolute Gasteiger partial charge is 0.362 e. The third-order valence-electron chi connectivity index (χ3n) is 19.8. The van der Waals surface area contributed by atoms with Gasteiger partial charge in [-0.05, 0) is 116 Å². The van der Waals surface area contributed by atoms with Crippen molar-refractivity contribution in [2.24, 2.45) is 52.3 Å². The highest BCUT2D eigenvalue weighted by atomic mass is 79.9. The summed E-state index contributed by atoms with van der Waals surface area (Å²) in [7, 11) is 2.17. The first kappa shape index (κ1) is 37.3. The third kappa shape index (κ3) is 4.30. The molecular weight excluding hydrogens is 760 g/mol. The van der Waals surface area contributed by atoms with Crippen LogP contribution in [0.5, 0.6) is 0 Å². The van der Waals surface area contributed by atoms with Gasteiger partial charge in [-0.15, -0.1) is 0 Å². The maximum absolute atomic E-state index is 14.5. The van der Waals surface area contributed by atoms with Gasteiger partial charge in [0.15, 0.2) is 12.8 Å². The summed E-state index contributed by atoms with van der Waals surface area (Å²) in [6.07, 6.45) is 11.5. The topological polar surface area (TPSA) is 117 Å². The van der Waals surface area contributed by atoms with Crippen molar-refractivity contribution in [1.82, 2.24) is 0 Å². The van der Waals surface area contributed by atoms with E-state index in [0.717, 1.165) is 82.6 Å². The molecule has 5 bridgehead atoms. The molecule has 3 N–H and O–H groups in total. The van der Waals surface area contributed by atoms with E-state index in [2.05, 4.69) is 57.0 Å². The molecule has 6 heterocycles. The number of para-hydroxylation sites is 1. The van der Waals surface area contributed by atoms with Gasteiger partial charge < -0.3 is 46.7 Å². The molecule has 4 saturated heterocycles. The SMILES string of the molecule is CC[C@H]1[C@@H]2CC3[C@@H]4N(C)c5ccccc5C45C[C@@H](C2[C@@H]5O)[N+]3(CC(=O)O[C@H]2CC[C@@]3(C)C(CC[C@@H]4C3CC[C@]3(C)[C@@H](C5=CC(=O)OC5)CC[C@]43O)C2)[C@@H]1O.[Br-]. The van der Waals surface area contributed by atoms with Crippen molar-refractivity contribution in [2.75, 3.05) is 25.1 Å². The number of ether oxygens (including phenoxy) is 2. The molecule has 1 spiro atoms. The molecule has 6 unspecified atom stereocenters. The number of esters is 2. The van der Waals surface area contributed by atoms with Crippen molar-refractivity contribution in [3.63, 3.8) is 0 Å². The first-order chi connectivity index (χ1) is 25.8. The second-order valence-electron chi connectivity index (χ2n) is 20.7. The van der Waals surface area contributed by atoms with Crippen LogP contribution >= 0.6 is 0 Å². The van der Waals surface area contributed by atoms with Gasteiger partial charge in [0.2, 0.25) is 0 Å². The van der Waals surface area contributed by atoms with Crippen LogP contribution in [0.1, 0.15) is 103 Å². The number of halogens is 1. The van der Waals surface area contributed by atoms with E-state index in [0.29, 0.717) is 22.9 Å². The monoisotopic (exact) mass is 820 g/mol. The maximum Gasteiger partial charge on any atom is 0.362 e. The van der Waals surface area contributed by atoms with Crippen LogP contribution in [0.25, 0.3) is 0 Å². The number of benzene rings is 1. The number of hydrogen-bond acceptors (Lipinski definition) is 8. The third-order valence-corrected chi connectivity index (χ3v) is 19.8. The number of quaternary nitrogens is 1. The highest BCUT2D eigenvalue weighted by Crippen LogP contribution is 2.73. The fourth-order valence-corrected chi connectivity index (χ4v) is 17.6. The number of fused-ring (bicyclic) bond motifs is 7. The molecule has 6 aliphatic heterocycles. The van der Waals surface area contributed by atoms with Crippen LogP contribution in [-0.2, 0) is 24.5 Å². The second-order valence-corrected chi connectivity index (χ2v) is 20.7. The number of hydrogen-bond donors (Lipinski definition) is 3. The van der Waals surface area contributed by atoms with Crippen LogP contribution < -0.4 is 21.9 Å². The summed E-state index contributed by atoms with van der Waals surface area (Å²) in [5.74, 6) is 1.32. The quantitative estimate of drug-likeness (QED) is 0.307. The lowest BCUT2D eigenvalue weighted by molar-refractivity contribution is -1.03. The van der Waals surface area contributed by atoms with Crippen LogP contribution in [0.15, 0.2) is 35.9 Å². The van der Waals surface area contributed by atoms with E-state index in [4.69, 9.17) is 9.47 Å². The number of likely N-dealkylation sites (N-methyl/N-ethyl adjacent to an activating group) is 1. The van der Waals surface area contributed by atoms with Gasteiger partial charge in [0.25, 0.3) is 0 Å². The summed E-state index contributed by atoms with van der Waals surface area (Å²) in [5, 5.41) is 37.5. The van der Waals surface area contributed by atoms with Gasteiger partial charge in [-0.1, -0.05) is 39.0 Å². The summed E-state index contributed by atoms with van der Waals surface area (Å²) in [6, 6.07) is 8.74. The van der Waals surface area contributed by atoms with Gasteiger partial charge >= 0.3 is 11.9 Å². The number of anilines is 1. The molecule has 55 heavy (non-hydrogen) atoms. The zero-order valence-electron chi connectivity index (χ0n) is 33.0. The second kappa shape index (κ2) is 12.0. The van der Waals surface area contributed by atoms with E-state index in [-0.39, 0.29) is 106 Å². The lowest BCUT2D eigenvalue weighted by Gasteiger charge is -2.67. The van der Waals surface area contributed by atoms with Gasteiger partial charge in [0, 0.05) is 48.9 Å². The van der Waals surface area contributed by atoms with Gasteiger partial charge in [-0.3, -0.25) is 4.48 Å². The zero-order valence-corrected chi connectivity index (χ0v) is 34.6. The molecule has 300 valence electrons. The van der Waals surface area contributed by atoms with Crippen LogP contribution in [-0.4, -0.2) is 94.1 Å². The number of aliphatic hydroxyl groups is 3. The van der Waals surface area contributed by atoms with Crippen molar-refractivity contribution in [2.45, 2.75) is 145 Å². The van der Waals surface area contributed by atoms with Crippen LogP contribution in [0.2, 0.25) is 0 Å². The lowest BCUT2D eigenvalue weighted by atomic mass is 9.43. The average Bonchev–Trinajstić information content (AvgIpc) is 3.83. The predicted octanol–water partition coefficient (Wildman–Crippen LogP) is 2.24. The Bertz CT molecular complexity index is 1840. The molecule has 12 rings (SSSR count). The van der Waals surface area contributed by atoms with E-state index < -0.39 is 17.9 Å². The van der Waals surface area contributed by atoms with E-state index >= 15 is 0 Å². The Morgan fingerprint density at radius 2 is 1.82 bits per heavy atom. The molecule has 9 fully saturated rings. The molecular formula is C45H61BrN2O7. The Hall–Kier alpha value is -1.98. The fraction of sp³-hybridized carbons (Fsp3) is 0.778. The highest BCUT2D eigenvalue weighted by molar-refractivity contribution is 5.85. The molecule has 0 amide bonds. The maximum atomic E-state index is 14.5. The van der Waals surface area contributed by atoms with E-state index in [1.54, 1.807) is 6.08 Å². The van der Waals surface area contributed by atoms with Crippen molar-refractivity contribution >= 4 is 17.6 Å². The van der Waals surface area contributed by atoms with E-state index in [9.17, 15) is 24.9 Å². The zero-order chi connectivity index (χ0) is 37.3. The molecule has 0 aromatic heterocycles.